The van der Waals surface area contributed by atoms with E-state index in [0.29, 0.717) is 0 Å². The van der Waals surface area contributed by atoms with Crippen molar-refractivity contribution in [3.63, 3.8) is 0 Å². The number of rotatable bonds is 2. The van der Waals surface area contributed by atoms with E-state index in [1.807, 2.05) is 6.07 Å². The molecule has 0 bridgehead atoms. The first-order valence-electron chi connectivity index (χ1n) is 6.39. The lowest BCUT2D eigenvalue weighted by Gasteiger charge is -2.15. The van der Waals surface area contributed by atoms with E-state index in [2.05, 4.69) is 17.0 Å². The van der Waals surface area contributed by atoms with Gasteiger partial charge >= 0.3 is 0 Å². The van der Waals surface area contributed by atoms with Gasteiger partial charge in [0, 0.05) is 6.54 Å². The Kier molecular flexibility index (Phi) is 2.84. The molecule has 18 heavy (non-hydrogen) atoms. The second kappa shape index (κ2) is 4.50. The largest absolute Gasteiger partial charge is 0.504 e. The number of nitrogens with zero attached hydrogens (tertiary/aromatic N) is 1. The van der Waals surface area contributed by atoms with Crippen LogP contribution in [0.2, 0.25) is 0 Å². The highest BCUT2D eigenvalue weighted by Crippen LogP contribution is 2.30. The van der Waals surface area contributed by atoms with Crippen LogP contribution in [-0.2, 0) is 6.54 Å². The molecule has 0 unspecified atom stereocenters. The van der Waals surface area contributed by atoms with Crippen molar-refractivity contribution in [1.82, 2.24) is 4.90 Å². The summed E-state index contributed by atoms with van der Waals surface area (Å²) in [5.41, 5.74) is 1.26. The van der Waals surface area contributed by atoms with Gasteiger partial charge in [-0.1, -0.05) is 12.1 Å². The van der Waals surface area contributed by atoms with Gasteiger partial charge in [-0.05, 0) is 60.5 Å². The molecular weight excluding hydrogens is 226 g/mol. The number of fused-ring (bicyclic) bond motifs is 1. The maximum Gasteiger partial charge on any atom is 0.158 e. The minimum atomic E-state index is -0.0604. The standard InChI is InChI=1S/C15H17NO2/c17-14-8-12-4-3-11(7-13(12)9-15(14)18)10-16-5-1-2-6-16/h3-4,7-9,17-18H,1-2,5-6,10H2. The lowest BCUT2D eigenvalue weighted by Crippen LogP contribution is -2.18. The van der Waals surface area contributed by atoms with Crippen LogP contribution < -0.4 is 0 Å². The van der Waals surface area contributed by atoms with Crippen LogP contribution >= 0.6 is 0 Å². The number of aromatic hydroxyl groups is 2. The molecule has 0 aromatic heterocycles. The molecule has 0 saturated carbocycles. The number of phenols is 2. The molecule has 3 heteroatoms. The van der Waals surface area contributed by atoms with E-state index in [-0.39, 0.29) is 11.5 Å². The summed E-state index contributed by atoms with van der Waals surface area (Å²) in [6.45, 7) is 3.33. The maximum absolute atomic E-state index is 9.53. The first-order chi connectivity index (χ1) is 8.72. The van der Waals surface area contributed by atoms with E-state index in [1.54, 1.807) is 12.1 Å². The molecule has 1 heterocycles. The summed E-state index contributed by atoms with van der Waals surface area (Å²) < 4.78 is 0. The predicted molar refractivity (Wildman–Crippen MR) is 71.8 cm³/mol. The van der Waals surface area contributed by atoms with E-state index in [4.69, 9.17) is 0 Å². The van der Waals surface area contributed by atoms with Gasteiger partial charge in [0.25, 0.3) is 0 Å². The zero-order valence-corrected chi connectivity index (χ0v) is 10.3. The lowest BCUT2D eigenvalue weighted by atomic mass is 10.1. The van der Waals surface area contributed by atoms with E-state index in [0.717, 1.165) is 17.3 Å². The summed E-state index contributed by atoms with van der Waals surface area (Å²) in [5, 5.41) is 20.9. The molecule has 3 nitrogen and oxygen atoms in total. The summed E-state index contributed by atoms with van der Waals surface area (Å²) in [5.74, 6) is -0.115. The third kappa shape index (κ3) is 2.14. The van der Waals surface area contributed by atoms with Gasteiger partial charge in [-0.25, -0.2) is 0 Å². The zero-order valence-electron chi connectivity index (χ0n) is 10.3. The Morgan fingerprint density at radius 3 is 2.28 bits per heavy atom. The molecule has 0 aliphatic carbocycles. The molecule has 0 amide bonds. The van der Waals surface area contributed by atoms with Crippen LogP contribution in [0.3, 0.4) is 0 Å². The van der Waals surface area contributed by atoms with Gasteiger partial charge in [0.2, 0.25) is 0 Å². The van der Waals surface area contributed by atoms with Gasteiger partial charge in [0.15, 0.2) is 11.5 Å². The molecule has 1 saturated heterocycles. The van der Waals surface area contributed by atoms with Crippen molar-refractivity contribution in [2.24, 2.45) is 0 Å². The second-order valence-electron chi connectivity index (χ2n) is 5.01. The van der Waals surface area contributed by atoms with Crippen LogP contribution in [0.1, 0.15) is 18.4 Å². The van der Waals surface area contributed by atoms with Crippen LogP contribution in [0.15, 0.2) is 30.3 Å². The minimum absolute atomic E-state index is 0.0548. The fourth-order valence-corrected chi connectivity index (χ4v) is 2.62. The zero-order chi connectivity index (χ0) is 12.5. The third-order valence-electron chi connectivity index (χ3n) is 3.60. The average molecular weight is 243 g/mol. The van der Waals surface area contributed by atoms with Crippen molar-refractivity contribution in [3.8, 4) is 11.5 Å². The number of likely N-dealkylation sites (tertiary alicyclic amines) is 1. The Morgan fingerprint density at radius 2 is 1.56 bits per heavy atom. The molecule has 1 aliphatic heterocycles. The topological polar surface area (TPSA) is 43.7 Å². The van der Waals surface area contributed by atoms with Crippen LogP contribution in [-0.4, -0.2) is 28.2 Å². The highest BCUT2D eigenvalue weighted by atomic mass is 16.3. The van der Waals surface area contributed by atoms with E-state index >= 15 is 0 Å². The molecule has 2 aromatic rings. The van der Waals surface area contributed by atoms with Gasteiger partial charge < -0.3 is 10.2 Å². The molecule has 0 atom stereocenters. The molecule has 2 aromatic carbocycles. The van der Waals surface area contributed by atoms with Crippen LogP contribution in [0.5, 0.6) is 11.5 Å². The van der Waals surface area contributed by atoms with Gasteiger partial charge in [0.05, 0.1) is 0 Å². The Hall–Kier alpha value is -1.74. The quantitative estimate of drug-likeness (QED) is 0.797. The van der Waals surface area contributed by atoms with Crippen LogP contribution in [0, 0.1) is 0 Å². The molecule has 2 N–H and O–H groups in total. The highest BCUT2D eigenvalue weighted by molar-refractivity contribution is 5.86. The number of hydrogen-bond acceptors (Lipinski definition) is 3. The van der Waals surface area contributed by atoms with E-state index in [9.17, 15) is 10.2 Å². The van der Waals surface area contributed by atoms with Crippen molar-refractivity contribution >= 4 is 10.8 Å². The Bertz CT molecular complexity index is 574. The summed E-state index contributed by atoms with van der Waals surface area (Å²) in [6, 6.07) is 9.41. The SMILES string of the molecule is Oc1cc2ccc(CN3CCCC3)cc2cc1O. The van der Waals surface area contributed by atoms with Crippen LogP contribution in [0.25, 0.3) is 10.8 Å². The van der Waals surface area contributed by atoms with Gasteiger partial charge in [-0.2, -0.15) is 0 Å². The normalized spacial score (nSPS) is 16.4. The maximum atomic E-state index is 9.53. The summed E-state index contributed by atoms with van der Waals surface area (Å²) in [7, 11) is 0. The van der Waals surface area contributed by atoms with Crippen molar-refractivity contribution in [2.75, 3.05) is 13.1 Å². The number of hydrogen-bond donors (Lipinski definition) is 2. The minimum Gasteiger partial charge on any atom is -0.504 e. The Balaban J connectivity index is 1.92. The molecule has 94 valence electrons. The molecular formula is C15H17NO2. The van der Waals surface area contributed by atoms with Gasteiger partial charge in [0.1, 0.15) is 0 Å². The summed E-state index contributed by atoms with van der Waals surface area (Å²) >= 11 is 0. The van der Waals surface area contributed by atoms with E-state index < -0.39 is 0 Å². The fraction of sp³-hybridized carbons (Fsp3) is 0.333. The monoisotopic (exact) mass is 243 g/mol. The number of benzene rings is 2. The lowest BCUT2D eigenvalue weighted by molar-refractivity contribution is 0.331. The summed E-state index contributed by atoms with van der Waals surface area (Å²) in [6.07, 6.45) is 2.59. The average Bonchev–Trinajstić information content (AvgIpc) is 2.84. The highest BCUT2D eigenvalue weighted by Gasteiger charge is 2.12. The van der Waals surface area contributed by atoms with Crippen molar-refractivity contribution < 1.29 is 10.2 Å². The molecule has 1 aliphatic rings. The molecule has 3 rings (SSSR count). The first kappa shape index (κ1) is 11.4. The predicted octanol–water partition coefficient (Wildman–Crippen LogP) is 2.85. The van der Waals surface area contributed by atoms with Gasteiger partial charge in [-0.3, -0.25) is 4.90 Å². The van der Waals surface area contributed by atoms with Crippen molar-refractivity contribution in [1.29, 1.82) is 0 Å². The second-order valence-corrected chi connectivity index (χ2v) is 5.01. The summed E-state index contributed by atoms with van der Waals surface area (Å²) in [4.78, 5) is 2.45. The number of phenolic OH excluding ortho intramolecular Hbond substituents is 2. The fourth-order valence-electron chi connectivity index (χ4n) is 2.62. The van der Waals surface area contributed by atoms with E-state index in [1.165, 1.54) is 31.5 Å². The van der Waals surface area contributed by atoms with Gasteiger partial charge in [-0.15, -0.1) is 0 Å². The van der Waals surface area contributed by atoms with Crippen molar-refractivity contribution in [3.05, 3.63) is 35.9 Å². The molecule has 0 spiro atoms. The Morgan fingerprint density at radius 1 is 0.889 bits per heavy atom. The third-order valence-corrected chi connectivity index (χ3v) is 3.60. The van der Waals surface area contributed by atoms with Crippen LogP contribution in [0.4, 0.5) is 0 Å². The first-order valence-corrected chi connectivity index (χ1v) is 6.39. The Labute approximate surface area is 106 Å². The molecule has 0 radical (unpaired) electrons. The van der Waals surface area contributed by atoms with Crippen molar-refractivity contribution in [2.45, 2.75) is 19.4 Å². The smallest absolute Gasteiger partial charge is 0.158 e. The molecule has 1 fully saturated rings.